The van der Waals surface area contributed by atoms with Crippen molar-refractivity contribution in [2.45, 2.75) is 20.4 Å². The van der Waals surface area contributed by atoms with E-state index in [9.17, 15) is 0 Å². The van der Waals surface area contributed by atoms with E-state index in [-0.39, 0.29) is 0 Å². The molecule has 1 aromatic carbocycles. The summed E-state index contributed by atoms with van der Waals surface area (Å²) < 4.78 is 5.30. The van der Waals surface area contributed by atoms with Gasteiger partial charge in [0.25, 0.3) is 0 Å². The summed E-state index contributed by atoms with van der Waals surface area (Å²) in [5, 5.41) is 0. The highest BCUT2D eigenvalue weighted by Gasteiger charge is 2.08. The SMILES string of the molecule is Cc1ccc(N)cc1N(C)Cc1ccoc1C. The molecule has 0 fully saturated rings. The van der Waals surface area contributed by atoms with Gasteiger partial charge in [-0.2, -0.15) is 0 Å². The van der Waals surface area contributed by atoms with Crippen LogP contribution >= 0.6 is 0 Å². The first-order valence-corrected chi connectivity index (χ1v) is 5.68. The summed E-state index contributed by atoms with van der Waals surface area (Å²) in [7, 11) is 2.06. The van der Waals surface area contributed by atoms with Crippen LogP contribution in [0.4, 0.5) is 11.4 Å². The minimum atomic E-state index is 0.793. The molecule has 2 aromatic rings. The van der Waals surface area contributed by atoms with Crippen LogP contribution in [0, 0.1) is 13.8 Å². The molecule has 2 rings (SSSR count). The van der Waals surface area contributed by atoms with Gasteiger partial charge in [-0.15, -0.1) is 0 Å². The summed E-state index contributed by atoms with van der Waals surface area (Å²) in [5.74, 6) is 0.971. The molecule has 0 aliphatic rings. The van der Waals surface area contributed by atoms with Crippen LogP contribution in [0.5, 0.6) is 0 Å². The maximum atomic E-state index is 5.82. The van der Waals surface area contributed by atoms with E-state index < -0.39 is 0 Å². The second-order valence-corrected chi connectivity index (χ2v) is 4.40. The third kappa shape index (κ3) is 2.44. The van der Waals surface area contributed by atoms with E-state index in [2.05, 4.69) is 18.9 Å². The number of nitrogen functional groups attached to an aromatic ring is 1. The lowest BCUT2D eigenvalue weighted by atomic mass is 10.1. The quantitative estimate of drug-likeness (QED) is 0.824. The van der Waals surface area contributed by atoms with Crippen molar-refractivity contribution >= 4 is 11.4 Å². The number of nitrogens with zero attached hydrogens (tertiary/aromatic N) is 1. The molecule has 3 heteroatoms. The highest BCUT2D eigenvalue weighted by molar-refractivity contribution is 5.60. The second kappa shape index (κ2) is 4.53. The number of rotatable bonds is 3. The monoisotopic (exact) mass is 230 g/mol. The summed E-state index contributed by atoms with van der Waals surface area (Å²) >= 11 is 0. The van der Waals surface area contributed by atoms with Crippen LogP contribution in [0.25, 0.3) is 0 Å². The van der Waals surface area contributed by atoms with Gasteiger partial charge in [0.1, 0.15) is 5.76 Å². The molecule has 0 aliphatic heterocycles. The highest BCUT2D eigenvalue weighted by Crippen LogP contribution is 2.24. The lowest BCUT2D eigenvalue weighted by molar-refractivity contribution is 0.529. The smallest absolute Gasteiger partial charge is 0.105 e. The van der Waals surface area contributed by atoms with Gasteiger partial charge >= 0.3 is 0 Å². The summed E-state index contributed by atoms with van der Waals surface area (Å²) in [4.78, 5) is 2.18. The average molecular weight is 230 g/mol. The predicted molar refractivity (Wildman–Crippen MR) is 71.1 cm³/mol. The fraction of sp³-hybridized carbons (Fsp3) is 0.286. The number of anilines is 2. The lowest BCUT2D eigenvalue weighted by Gasteiger charge is -2.21. The number of hydrogen-bond acceptors (Lipinski definition) is 3. The van der Waals surface area contributed by atoms with Crippen molar-refractivity contribution in [2.24, 2.45) is 0 Å². The van der Waals surface area contributed by atoms with E-state index in [0.717, 1.165) is 23.7 Å². The second-order valence-electron chi connectivity index (χ2n) is 4.40. The first-order valence-electron chi connectivity index (χ1n) is 5.68. The van der Waals surface area contributed by atoms with Gasteiger partial charge in [-0.3, -0.25) is 0 Å². The molecule has 90 valence electrons. The Morgan fingerprint density at radius 3 is 2.65 bits per heavy atom. The van der Waals surface area contributed by atoms with Gasteiger partial charge in [0.2, 0.25) is 0 Å². The maximum Gasteiger partial charge on any atom is 0.105 e. The molecule has 2 N–H and O–H groups in total. The molecule has 0 spiro atoms. The first kappa shape index (κ1) is 11.6. The Labute approximate surface area is 102 Å². The van der Waals surface area contributed by atoms with Crippen molar-refractivity contribution in [3.05, 3.63) is 47.4 Å². The van der Waals surface area contributed by atoms with Crippen molar-refractivity contribution in [1.82, 2.24) is 0 Å². The van der Waals surface area contributed by atoms with Crippen LogP contribution in [0.15, 0.2) is 34.9 Å². The number of benzene rings is 1. The normalized spacial score (nSPS) is 10.5. The topological polar surface area (TPSA) is 42.4 Å². The first-order chi connectivity index (χ1) is 8.08. The van der Waals surface area contributed by atoms with E-state index in [0.29, 0.717) is 0 Å². The van der Waals surface area contributed by atoms with Gasteiger partial charge < -0.3 is 15.1 Å². The van der Waals surface area contributed by atoms with Gasteiger partial charge in [-0.05, 0) is 37.6 Å². The van der Waals surface area contributed by atoms with Crippen molar-refractivity contribution in [2.75, 3.05) is 17.7 Å². The molecule has 0 bridgehead atoms. The lowest BCUT2D eigenvalue weighted by Crippen LogP contribution is -2.17. The van der Waals surface area contributed by atoms with Gasteiger partial charge in [-0.25, -0.2) is 0 Å². The molecule has 0 aliphatic carbocycles. The summed E-state index contributed by atoms with van der Waals surface area (Å²) in [6.45, 7) is 4.90. The Hall–Kier alpha value is -1.90. The third-order valence-electron chi connectivity index (χ3n) is 3.02. The Morgan fingerprint density at radius 2 is 2.00 bits per heavy atom. The minimum Gasteiger partial charge on any atom is -0.469 e. The van der Waals surface area contributed by atoms with Crippen LogP contribution in [0.2, 0.25) is 0 Å². The molecule has 0 amide bonds. The zero-order valence-corrected chi connectivity index (χ0v) is 10.5. The molecule has 0 saturated heterocycles. The molecule has 17 heavy (non-hydrogen) atoms. The Bertz CT molecular complexity index is 517. The standard InChI is InChI=1S/C14H18N2O/c1-10-4-5-13(15)8-14(10)16(3)9-12-6-7-17-11(12)2/h4-8H,9,15H2,1-3H3. The molecular weight excluding hydrogens is 212 g/mol. The molecule has 1 heterocycles. The largest absolute Gasteiger partial charge is 0.469 e. The molecule has 0 radical (unpaired) electrons. The number of nitrogens with two attached hydrogens (primary N) is 1. The number of aryl methyl sites for hydroxylation is 2. The van der Waals surface area contributed by atoms with Crippen LogP contribution in [-0.4, -0.2) is 7.05 Å². The fourth-order valence-electron chi connectivity index (χ4n) is 1.95. The Balaban J connectivity index is 2.23. The van der Waals surface area contributed by atoms with Crippen LogP contribution in [0.1, 0.15) is 16.9 Å². The predicted octanol–water partition coefficient (Wildman–Crippen LogP) is 3.12. The molecule has 1 aromatic heterocycles. The fourth-order valence-corrected chi connectivity index (χ4v) is 1.95. The maximum absolute atomic E-state index is 5.82. The number of furan rings is 1. The molecule has 0 unspecified atom stereocenters. The van der Waals surface area contributed by atoms with E-state index in [4.69, 9.17) is 10.2 Å². The highest BCUT2D eigenvalue weighted by atomic mass is 16.3. The summed E-state index contributed by atoms with van der Waals surface area (Å²) in [5.41, 5.74) is 10.2. The van der Waals surface area contributed by atoms with Crippen molar-refractivity contribution in [3.8, 4) is 0 Å². The minimum absolute atomic E-state index is 0.793. The summed E-state index contributed by atoms with van der Waals surface area (Å²) in [6, 6.07) is 7.98. The molecule has 0 atom stereocenters. The average Bonchev–Trinajstić information content (AvgIpc) is 2.68. The van der Waals surface area contributed by atoms with Gasteiger partial charge in [0.15, 0.2) is 0 Å². The Kier molecular flexibility index (Phi) is 3.09. The molecular formula is C14H18N2O. The Morgan fingerprint density at radius 1 is 1.24 bits per heavy atom. The summed E-state index contributed by atoms with van der Waals surface area (Å²) in [6.07, 6.45) is 1.73. The van der Waals surface area contributed by atoms with E-state index in [1.54, 1.807) is 6.26 Å². The molecule has 3 nitrogen and oxygen atoms in total. The third-order valence-corrected chi connectivity index (χ3v) is 3.02. The molecule has 0 saturated carbocycles. The number of hydrogen-bond donors (Lipinski definition) is 1. The van der Waals surface area contributed by atoms with Crippen LogP contribution in [0.3, 0.4) is 0 Å². The van der Waals surface area contributed by atoms with Crippen LogP contribution < -0.4 is 10.6 Å². The van der Waals surface area contributed by atoms with Crippen molar-refractivity contribution in [1.29, 1.82) is 0 Å². The van der Waals surface area contributed by atoms with Crippen LogP contribution in [-0.2, 0) is 6.54 Å². The van der Waals surface area contributed by atoms with Gasteiger partial charge in [0.05, 0.1) is 6.26 Å². The van der Waals surface area contributed by atoms with E-state index >= 15 is 0 Å². The zero-order chi connectivity index (χ0) is 12.4. The zero-order valence-electron chi connectivity index (χ0n) is 10.5. The van der Waals surface area contributed by atoms with E-state index in [1.807, 2.05) is 31.2 Å². The van der Waals surface area contributed by atoms with Gasteiger partial charge in [0, 0.05) is 30.5 Å². The van der Waals surface area contributed by atoms with Gasteiger partial charge in [-0.1, -0.05) is 6.07 Å². The van der Waals surface area contributed by atoms with E-state index in [1.165, 1.54) is 11.1 Å². The van der Waals surface area contributed by atoms with Crippen molar-refractivity contribution in [3.63, 3.8) is 0 Å². The van der Waals surface area contributed by atoms with Crippen molar-refractivity contribution < 1.29 is 4.42 Å².